The predicted octanol–water partition coefficient (Wildman–Crippen LogP) is 1.69. The monoisotopic (exact) mass is 283 g/mol. The third kappa shape index (κ3) is 3.45. The van der Waals surface area contributed by atoms with Gasteiger partial charge < -0.3 is 15.2 Å². The molecule has 0 spiro atoms. The number of carboxylic acids is 1. The van der Waals surface area contributed by atoms with Gasteiger partial charge in [-0.3, -0.25) is 4.79 Å². The zero-order chi connectivity index (χ0) is 13.8. The van der Waals surface area contributed by atoms with Crippen LogP contribution in [0.3, 0.4) is 0 Å². The minimum absolute atomic E-state index is 0.0395. The molecule has 19 heavy (non-hydrogen) atoms. The Morgan fingerprint density at radius 3 is 2.89 bits per heavy atom. The van der Waals surface area contributed by atoms with Gasteiger partial charge in [-0.2, -0.15) is 0 Å². The first kappa shape index (κ1) is 13.8. The highest BCUT2D eigenvalue weighted by Gasteiger charge is 2.23. The van der Waals surface area contributed by atoms with Gasteiger partial charge in [0.15, 0.2) is 0 Å². The summed E-state index contributed by atoms with van der Waals surface area (Å²) in [4.78, 5) is 22.7. The minimum Gasteiger partial charge on any atom is -0.478 e. The molecule has 1 aromatic carbocycles. The average Bonchev–Trinajstić information content (AvgIpc) is 2.91. The van der Waals surface area contributed by atoms with Crippen molar-refractivity contribution in [3.8, 4) is 0 Å². The fraction of sp³-hybridized carbons (Fsp3) is 0.385. The Balaban J connectivity index is 1.97. The maximum Gasteiger partial charge on any atom is 0.337 e. The van der Waals surface area contributed by atoms with E-state index in [0.717, 1.165) is 6.42 Å². The van der Waals surface area contributed by atoms with Crippen molar-refractivity contribution in [1.82, 2.24) is 5.32 Å². The van der Waals surface area contributed by atoms with Gasteiger partial charge in [-0.15, -0.1) is 0 Å². The third-order valence-electron chi connectivity index (χ3n) is 3.03. The molecular formula is C13H14ClNO4. The summed E-state index contributed by atoms with van der Waals surface area (Å²) in [6.07, 6.45) is 0.729. The molecule has 6 heteroatoms. The highest BCUT2D eigenvalue weighted by Crippen LogP contribution is 2.18. The summed E-state index contributed by atoms with van der Waals surface area (Å²) in [5.41, 5.74) is 0.742. The Labute approximate surface area is 115 Å². The summed E-state index contributed by atoms with van der Waals surface area (Å²) < 4.78 is 5.14. The van der Waals surface area contributed by atoms with E-state index in [1.807, 2.05) is 0 Å². The third-order valence-corrected chi connectivity index (χ3v) is 3.36. The van der Waals surface area contributed by atoms with Crippen molar-refractivity contribution in [2.24, 2.45) is 5.92 Å². The Morgan fingerprint density at radius 1 is 1.47 bits per heavy atom. The molecule has 1 fully saturated rings. The maximum atomic E-state index is 11.8. The molecule has 1 unspecified atom stereocenters. The number of ether oxygens (including phenoxy) is 1. The van der Waals surface area contributed by atoms with Crippen LogP contribution in [0.4, 0.5) is 0 Å². The fourth-order valence-electron chi connectivity index (χ4n) is 1.92. The van der Waals surface area contributed by atoms with Crippen molar-refractivity contribution >= 4 is 23.5 Å². The SMILES string of the molecule is O=C(O)c1cc(CNC(=O)C2CCOC2)ccc1Cl. The number of carbonyl (C=O) groups is 2. The maximum absolute atomic E-state index is 11.8. The minimum atomic E-state index is -1.08. The largest absolute Gasteiger partial charge is 0.478 e. The molecule has 0 saturated carbocycles. The van der Waals surface area contributed by atoms with Gasteiger partial charge in [-0.25, -0.2) is 4.79 Å². The summed E-state index contributed by atoms with van der Waals surface area (Å²) in [6, 6.07) is 4.68. The topological polar surface area (TPSA) is 75.6 Å². The van der Waals surface area contributed by atoms with E-state index in [2.05, 4.69) is 5.32 Å². The molecule has 0 aromatic heterocycles. The first-order chi connectivity index (χ1) is 9.08. The van der Waals surface area contributed by atoms with Crippen LogP contribution in [0.15, 0.2) is 18.2 Å². The summed E-state index contributed by atoms with van der Waals surface area (Å²) in [7, 11) is 0. The fourth-order valence-corrected chi connectivity index (χ4v) is 2.12. The van der Waals surface area contributed by atoms with Gasteiger partial charge in [0.1, 0.15) is 0 Å². The number of amides is 1. The highest BCUT2D eigenvalue weighted by molar-refractivity contribution is 6.33. The van der Waals surface area contributed by atoms with Crippen LogP contribution in [0.2, 0.25) is 5.02 Å². The number of halogens is 1. The lowest BCUT2D eigenvalue weighted by Crippen LogP contribution is -2.30. The van der Waals surface area contributed by atoms with Gasteiger partial charge in [-0.1, -0.05) is 17.7 Å². The lowest BCUT2D eigenvalue weighted by molar-refractivity contribution is -0.125. The molecule has 1 atom stereocenters. The zero-order valence-corrected chi connectivity index (χ0v) is 10.9. The molecule has 0 radical (unpaired) electrons. The van der Waals surface area contributed by atoms with Crippen molar-refractivity contribution < 1.29 is 19.4 Å². The molecule has 1 aliphatic rings. The van der Waals surface area contributed by atoms with Crippen LogP contribution in [0.1, 0.15) is 22.3 Å². The van der Waals surface area contributed by atoms with Crippen molar-refractivity contribution in [2.75, 3.05) is 13.2 Å². The normalized spacial score (nSPS) is 18.3. The summed E-state index contributed by atoms with van der Waals surface area (Å²) in [5, 5.41) is 11.9. The standard InChI is InChI=1S/C13H14ClNO4/c14-11-2-1-8(5-10(11)13(17)18)6-15-12(16)9-3-4-19-7-9/h1-2,5,9H,3-4,6-7H2,(H,15,16)(H,17,18). The van der Waals surface area contributed by atoms with E-state index in [1.54, 1.807) is 6.07 Å². The van der Waals surface area contributed by atoms with E-state index in [1.165, 1.54) is 12.1 Å². The molecule has 0 aliphatic carbocycles. The molecule has 1 aromatic rings. The van der Waals surface area contributed by atoms with E-state index < -0.39 is 5.97 Å². The molecule has 2 N–H and O–H groups in total. The highest BCUT2D eigenvalue weighted by atomic mass is 35.5. The smallest absolute Gasteiger partial charge is 0.337 e. The van der Waals surface area contributed by atoms with Crippen LogP contribution >= 0.6 is 11.6 Å². The Hall–Kier alpha value is -1.59. The lowest BCUT2D eigenvalue weighted by atomic mass is 10.1. The van der Waals surface area contributed by atoms with Gasteiger partial charge in [0.25, 0.3) is 0 Å². The zero-order valence-electron chi connectivity index (χ0n) is 10.2. The first-order valence-electron chi connectivity index (χ1n) is 5.95. The van der Waals surface area contributed by atoms with Gasteiger partial charge in [0.2, 0.25) is 5.91 Å². The van der Waals surface area contributed by atoms with E-state index in [-0.39, 0.29) is 29.0 Å². The van der Waals surface area contributed by atoms with Crippen LogP contribution in [0.25, 0.3) is 0 Å². The Kier molecular flexibility index (Phi) is 4.39. The summed E-state index contributed by atoms with van der Waals surface area (Å²) in [6.45, 7) is 1.35. The van der Waals surface area contributed by atoms with Gasteiger partial charge >= 0.3 is 5.97 Å². The second kappa shape index (κ2) is 6.04. The van der Waals surface area contributed by atoms with E-state index >= 15 is 0 Å². The Morgan fingerprint density at radius 2 is 2.26 bits per heavy atom. The van der Waals surface area contributed by atoms with Crippen LogP contribution in [0, 0.1) is 5.92 Å². The lowest BCUT2D eigenvalue weighted by Gasteiger charge is -2.10. The van der Waals surface area contributed by atoms with Gasteiger partial charge in [0.05, 0.1) is 23.1 Å². The Bertz CT molecular complexity index is 497. The van der Waals surface area contributed by atoms with Crippen LogP contribution in [-0.2, 0) is 16.1 Å². The van der Waals surface area contributed by atoms with Crippen molar-refractivity contribution in [3.63, 3.8) is 0 Å². The van der Waals surface area contributed by atoms with E-state index in [9.17, 15) is 9.59 Å². The van der Waals surface area contributed by atoms with Crippen molar-refractivity contribution in [1.29, 1.82) is 0 Å². The number of hydrogen-bond acceptors (Lipinski definition) is 3. The number of hydrogen-bond donors (Lipinski definition) is 2. The molecule has 1 amide bonds. The van der Waals surface area contributed by atoms with Crippen LogP contribution < -0.4 is 5.32 Å². The second-order valence-corrected chi connectivity index (χ2v) is 4.80. The molecule has 102 valence electrons. The van der Waals surface area contributed by atoms with Crippen LogP contribution in [0.5, 0.6) is 0 Å². The molecule has 0 bridgehead atoms. The molecule has 1 aliphatic heterocycles. The van der Waals surface area contributed by atoms with Crippen molar-refractivity contribution in [2.45, 2.75) is 13.0 Å². The second-order valence-electron chi connectivity index (χ2n) is 4.40. The predicted molar refractivity (Wildman–Crippen MR) is 69.2 cm³/mol. The number of aromatic carboxylic acids is 1. The van der Waals surface area contributed by atoms with Gasteiger partial charge in [-0.05, 0) is 24.1 Å². The quantitative estimate of drug-likeness (QED) is 0.882. The molecule has 1 saturated heterocycles. The number of rotatable bonds is 4. The average molecular weight is 284 g/mol. The summed E-state index contributed by atoms with van der Waals surface area (Å²) >= 11 is 5.77. The van der Waals surface area contributed by atoms with E-state index in [0.29, 0.717) is 18.8 Å². The number of carboxylic acid groups (broad SMARTS) is 1. The molecule has 5 nitrogen and oxygen atoms in total. The molecular weight excluding hydrogens is 270 g/mol. The molecule has 2 rings (SSSR count). The summed E-state index contributed by atoms with van der Waals surface area (Å²) in [5.74, 6) is -1.25. The van der Waals surface area contributed by atoms with E-state index in [4.69, 9.17) is 21.4 Å². The first-order valence-corrected chi connectivity index (χ1v) is 6.33. The number of carbonyl (C=O) groups excluding carboxylic acids is 1. The molecule has 1 heterocycles. The van der Waals surface area contributed by atoms with Gasteiger partial charge in [0, 0.05) is 13.2 Å². The van der Waals surface area contributed by atoms with Crippen LogP contribution in [-0.4, -0.2) is 30.2 Å². The van der Waals surface area contributed by atoms with Crippen molar-refractivity contribution in [3.05, 3.63) is 34.3 Å². The number of benzene rings is 1. The number of nitrogens with one attached hydrogen (secondary N) is 1.